The van der Waals surface area contributed by atoms with E-state index < -0.39 is 0 Å². The summed E-state index contributed by atoms with van der Waals surface area (Å²) in [5.41, 5.74) is 2.11. The van der Waals surface area contributed by atoms with Crippen LogP contribution in [0.5, 0.6) is 5.75 Å². The summed E-state index contributed by atoms with van der Waals surface area (Å²) in [5.74, 6) is 0.487. The second-order valence-electron chi connectivity index (χ2n) is 5.42. The van der Waals surface area contributed by atoms with Crippen LogP contribution >= 0.6 is 12.2 Å². The van der Waals surface area contributed by atoms with Crippen molar-refractivity contribution < 1.29 is 9.53 Å². The first kappa shape index (κ1) is 18.4. The van der Waals surface area contributed by atoms with Crippen LogP contribution in [0, 0.1) is 13.8 Å². The number of thiocarbonyl (C=S) groups is 1. The van der Waals surface area contributed by atoms with Crippen LogP contribution in [-0.4, -0.2) is 24.2 Å². The Balaban J connectivity index is 2.25. The molecule has 0 bridgehead atoms. The fraction of sp³-hybridized carbons (Fsp3) is 0.529. The molecule has 22 heavy (non-hydrogen) atoms. The average molecular weight is 322 g/mol. The van der Waals surface area contributed by atoms with Crippen molar-refractivity contribution in [1.82, 2.24) is 10.6 Å². The first-order valence-corrected chi connectivity index (χ1v) is 8.21. The Bertz CT molecular complexity index is 503. The lowest BCUT2D eigenvalue weighted by Crippen LogP contribution is -2.41. The van der Waals surface area contributed by atoms with Crippen molar-refractivity contribution in [1.29, 1.82) is 0 Å². The van der Waals surface area contributed by atoms with Crippen molar-refractivity contribution in [3.63, 3.8) is 0 Å². The molecule has 1 amide bonds. The van der Waals surface area contributed by atoms with Crippen molar-refractivity contribution in [2.45, 2.75) is 46.5 Å². The molecule has 122 valence electrons. The summed E-state index contributed by atoms with van der Waals surface area (Å²) in [5, 5.41) is 6.03. The lowest BCUT2D eigenvalue weighted by molar-refractivity contribution is -0.121. The zero-order valence-electron chi connectivity index (χ0n) is 13.7. The molecule has 0 aliphatic heterocycles. The SMILES string of the molecule is CCCCCCNC(=S)NC(=O)COc1cc(C)ccc1C. The van der Waals surface area contributed by atoms with Crippen molar-refractivity contribution in [3.8, 4) is 5.75 Å². The molecule has 4 nitrogen and oxygen atoms in total. The molecule has 0 atom stereocenters. The second kappa shape index (κ2) is 10.2. The molecule has 0 spiro atoms. The third kappa shape index (κ3) is 7.41. The maximum absolute atomic E-state index is 11.8. The maximum Gasteiger partial charge on any atom is 0.264 e. The van der Waals surface area contributed by atoms with Gasteiger partial charge >= 0.3 is 0 Å². The van der Waals surface area contributed by atoms with E-state index >= 15 is 0 Å². The summed E-state index contributed by atoms with van der Waals surface area (Å²) in [6, 6.07) is 5.91. The van der Waals surface area contributed by atoms with Gasteiger partial charge in [-0.15, -0.1) is 0 Å². The lowest BCUT2D eigenvalue weighted by Gasteiger charge is -2.11. The summed E-state index contributed by atoms with van der Waals surface area (Å²) in [4.78, 5) is 11.8. The molecule has 2 N–H and O–H groups in total. The van der Waals surface area contributed by atoms with Gasteiger partial charge in [0.05, 0.1) is 0 Å². The van der Waals surface area contributed by atoms with E-state index in [1.54, 1.807) is 0 Å². The van der Waals surface area contributed by atoms with Gasteiger partial charge in [-0.3, -0.25) is 4.79 Å². The summed E-state index contributed by atoms with van der Waals surface area (Å²) >= 11 is 5.09. The highest BCUT2D eigenvalue weighted by Gasteiger charge is 2.07. The molecule has 0 radical (unpaired) electrons. The van der Waals surface area contributed by atoms with Crippen LogP contribution in [0.1, 0.15) is 43.7 Å². The molecule has 0 aliphatic carbocycles. The van der Waals surface area contributed by atoms with E-state index in [0.717, 1.165) is 29.8 Å². The predicted octanol–water partition coefficient (Wildman–Crippen LogP) is 3.25. The van der Waals surface area contributed by atoms with Crippen LogP contribution in [0.2, 0.25) is 0 Å². The van der Waals surface area contributed by atoms with Gasteiger partial charge in [-0.1, -0.05) is 38.3 Å². The molecule has 0 fully saturated rings. The van der Waals surface area contributed by atoms with E-state index in [0.29, 0.717) is 5.11 Å². The minimum Gasteiger partial charge on any atom is -0.483 e. The number of carbonyl (C=O) groups excluding carboxylic acids is 1. The van der Waals surface area contributed by atoms with Gasteiger partial charge < -0.3 is 15.4 Å². The normalized spacial score (nSPS) is 10.1. The number of amides is 1. The van der Waals surface area contributed by atoms with Gasteiger partial charge in [0.2, 0.25) is 0 Å². The van der Waals surface area contributed by atoms with Crippen LogP contribution in [0.15, 0.2) is 18.2 Å². The van der Waals surface area contributed by atoms with Gasteiger partial charge in [-0.2, -0.15) is 0 Å². The van der Waals surface area contributed by atoms with Gasteiger partial charge in [0.15, 0.2) is 11.7 Å². The number of rotatable bonds is 8. The van der Waals surface area contributed by atoms with E-state index in [1.807, 2.05) is 32.0 Å². The summed E-state index contributed by atoms with van der Waals surface area (Å²) in [7, 11) is 0. The predicted molar refractivity (Wildman–Crippen MR) is 94.3 cm³/mol. The van der Waals surface area contributed by atoms with Gasteiger partial charge in [0, 0.05) is 6.54 Å². The van der Waals surface area contributed by atoms with Gasteiger partial charge in [0.1, 0.15) is 5.75 Å². The van der Waals surface area contributed by atoms with E-state index in [1.165, 1.54) is 19.3 Å². The number of benzene rings is 1. The molecule has 0 heterocycles. The van der Waals surface area contributed by atoms with Crippen molar-refractivity contribution in [3.05, 3.63) is 29.3 Å². The van der Waals surface area contributed by atoms with Crippen LogP contribution in [0.25, 0.3) is 0 Å². The first-order chi connectivity index (χ1) is 10.5. The fourth-order valence-corrected chi connectivity index (χ4v) is 2.18. The van der Waals surface area contributed by atoms with Gasteiger partial charge in [-0.05, 0) is 49.7 Å². The largest absolute Gasteiger partial charge is 0.483 e. The molecule has 5 heteroatoms. The molecular weight excluding hydrogens is 296 g/mol. The number of unbranched alkanes of at least 4 members (excludes halogenated alkanes) is 3. The molecular formula is C17H26N2O2S. The zero-order chi connectivity index (χ0) is 16.4. The van der Waals surface area contributed by atoms with Crippen LogP contribution in [0.3, 0.4) is 0 Å². The van der Waals surface area contributed by atoms with E-state index in [9.17, 15) is 4.79 Å². The maximum atomic E-state index is 11.8. The molecule has 1 rings (SSSR count). The number of hydrogen-bond acceptors (Lipinski definition) is 3. The highest BCUT2D eigenvalue weighted by Crippen LogP contribution is 2.18. The highest BCUT2D eigenvalue weighted by atomic mass is 32.1. The minimum atomic E-state index is -0.244. The molecule has 0 aliphatic rings. The Morgan fingerprint density at radius 2 is 2.00 bits per heavy atom. The van der Waals surface area contributed by atoms with Crippen LogP contribution in [0.4, 0.5) is 0 Å². The fourth-order valence-electron chi connectivity index (χ4n) is 1.97. The quantitative estimate of drug-likeness (QED) is 0.570. The molecule has 0 saturated carbocycles. The Kier molecular flexibility index (Phi) is 8.51. The minimum absolute atomic E-state index is 0.0397. The smallest absolute Gasteiger partial charge is 0.264 e. The highest BCUT2D eigenvalue weighted by molar-refractivity contribution is 7.80. The van der Waals surface area contributed by atoms with E-state index in [2.05, 4.69) is 17.6 Å². The number of aryl methyl sites for hydroxylation is 2. The number of hydrogen-bond donors (Lipinski definition) is 2. The third-order valence-corrected chi connectivity index (χ3v) is 3.52. The Labute approximate surface area is 138 Å². The zero-order valence-corrected chi connectivity index (χ0v) is 14.5. The average Bonchev–Trinajstić information content (AvgIpc) is 2.48. The Morgan fingerprint density at radius 3 is 2.73 bits per heavy atom. The molecule has 1 aromatic carbocycles. The molecule has 1 aromatic rings. The molecule has 0 aromatic heterocycles. The topological polar surface area (TPSA) is 50.4 Å². The van der Waals surface area contributed by atoms with E-state index in [4.69, 9.17) is 17.0 Å². The first-order valence-electron chi connectivity index (χ1n) is 7.80. The number of carbonyl (C=O) groups is 1. The van der Waals surface area contributed by atoms with Crippen LogP contribution < -0.4 is 15.4 Å². The van der Waals surface area contributed by atoms with Crippen molar-refractivity contribution >= 4 is 23.2 Å². The second-order valence-corrected chi connectivity index (χ2v) is 5.83. The summed E-state index contributed by atoms with van der Waals surface area (Å²) in [6.45, 7) is 6.87. The van der Waals surface area contributed by atoms with Crippen LogP contribution in [-0.2, 0) is 4.79 Å². The Morgan fingerprint density at radius 1 is 1.23 bits per heavy atom. The third-order valence-electron chi connectivity index (χ3n) is 3.27. The molecule has 0 unspecified atom stereocenters. The molecule has 0 saturated heterocycles. The number of ether oxygens (including phenoxy) is 1. The monoisotopic (exact) mass is 322 g/mol. The Hall–Kier alpha value is -1.62. The lowest BCUT2D eigenvalue weighted by atomic mass is 10.1. The number of nitrogens with one attached hydrogen (secondary N) is 2. The summed E-state index contributed by atoms with van der Waals surface area (Å²) < 4.78 is 5.54. The van der Waals surface area contributed by atoms with E-state index in [-0.39, 0.29) is 12.5 Å². The van der Waals surface area contributed by atoms with Gasteiger partial charge in [0.25, 0.3) is 5.91 Å². The van der Waals surface area contributed by atoms with Crippen molar-refractivity contribution in [2.75, 3.05) is 13.2 Å². The van der Waals surface area contributed by atoms with Gasteiger partial charge in [-0.25, -0.2) is 0 Å². The summed E-state index contributed by atoms with van der Waals surface area (Å²) in [6.07, 6.45) is 4.67. The standard InChI is InChI=1S/C17H26N2O2S/c1-4-5-6-7-10-18-17(22)19-16(20)12-21-15-11-13(2)8-9-14(15)3/h8-9,11H,4-7,10,12H2,1-3H3,(H2,18,19,20,22). The van der Waals surface area contributed by atoms with Crippen molar-refractivity contribution in [2.24, 2.45) is 0 Å².